The highest BCUT2D eigenvalue weighted by Gasteiger charge is 2.38. The molecule has 1 aliphatic heterocycles. The molecule has 2 atom stereocenters. The quantitative estimate of drug-likeness (QED) is 0.467. The highest BCUT2D eigenvalue weighted by atomic mass is 16.5. The smallest absolute Gasteiger partial charge is 0.405 e. The van der Waals surface area contributed by atoms with Crippen LogP contribution in [0.25, 0.3) is 0 Å². The first-order valence-electron chi connectivity index (χ1n) is 3.52. The lowest BCUT2D eigenvalue weighted by atomic mass is 10.1. The molecule has 1 saturated heterocycles. The number of hydrogen-bond donors (Lipinski definition) is 3. The van der Waals surface area contributed by atoms with Gasteiger partial charge in [-0.05, 0) is 0 Å². The highest BCUT2D eigenvalue weighted by molar-refractivity contribution is 5.86. The molecule has 0 aromatic carbocycles. The van der Waals surface area contributed by atoms with E-state index in [4.69, 9.17) is 10.3 Å². The van der Waals surface area contributed by atoms with Gasteiger partial charge in [-0.15, -0.1) is 0 Å². The Balaban J connectivity index is 2.63. The predicted molar refractivity (Wildman–Crippen MR) is 37.6 cm³/mol. The van der Waals surface area contributed by atoms with E-state index in [9.17, 15) is 9.59 Å². The third-order valence-electron chi connectivity index (χ3n) is 1.83. The molecule has 12 heavy (non-hydrogen) atoms. The van der Waals surface area contributed by atoms with Crippen molar-refractivity contribution in [2.45, 2.75) is 13.0 Å². The second-order valence-corrected chi connectivity index (χ2v) is 2.82. The van der Waals surface area contributed by atoms with Crippen molar-refractivity contribution < 1.29 is 19.9 Å². The lowest BCUT2D eigenvalue weighted by Gasteiger charge is -2.10. The Labute approximate surface area is 68.7 Å². The first-order valence-corrected chi connectivity index (χ1v) is 3.52. The van der Waals surface area contributed by atoms with Crippen molar-refractivity contribution in [2.75, 3.05) is 6.54 Å². The number of carbonyl (C=O) groups is 2. The summed E-state index contributed by atoms with van der Waals surface area (Å²) in [5.74, 6) is -0.788. The number of amides is 2. The maximum absolute atomic E-state index is 11.0. The third kappa shape index (κ3) is 1.48. The van der Waals surface area contributed by atoms with Crippen LogP contribution in [0.4, 0.5) is 4.79 Å². The molecule has 68 valence electrons. The average Bonchev–Trinajstić information content (AvgIpc) is 2.16. The monoisotopic (exact) mass is 174 g/mol. The summed E-state index contributed by atoms with van der Waals surface area (Å²) in [6, 6.07) is -0.813. The molecule has 1 fully saturated rings. The Hall–Kier alpha value is -1.30. The van der Waals surface area contributed by atoms with Crippen LogP contribution in [0.3, 0.4) is 0 Å². The fourth-order valence-corrected chi connectivity index (χ4v) is 1.21. The molecule has 0 aromatic heterocycles. The summed E-state index contributed by atoms with van der Waals surface area (Å²) in [5.41, 5.74) is 0. The summed E-state index contributed by atoms with van der Waals surface area (Å²) in [6.07, 6.45) is -1.25. The van der Waals surface area contributed by atoms with Crippen molar-refractivity contribution in [3.05, 3.63) is 0 Å². The van der Waals surface area contributed by atoms with Crippen LogP contribution in [0.1, 0.15) is 6.92 Å². The van der Waals surface area contributed by atoms with E-state index in [1.165, 1.54) is 0 Å². The van der Waals surface area contributed by atoms with Gasteiger partial charge in [0.1, 0.15) is 6.04 Å². The van der Waals surface area contributed by atoms with Crippen LogP contribution >= 0.6 is 0 Å². The van der Waals surface area contributed by atoms with Crippen LogP contribution in [0.2, 0.25) is 0 Å². The summed E-state index contributed by atoms with van der Waals surface area (Å²) in [6.45, 7) is 1.86. The van der Waals surface area contributed by atoms with Crippen LogP contribution in [0.15, 0.2) is 0 Å². The molecule has 6 nitrogen and oxygen atoms in total. The predicted octanol–water partition coefficient (Wildman–Crippen LogP) is -0.510. The number of hydroxylamine groups is 2. The van der Waals surface area contributed by atoms with E-state index in [1.54, 1.807) is 6.92 Å². The standard InChI is InChI=1S/C6H10N2O4/c1-3-2-8(12)5(9)4(3)7-6(10)11/h3-4,7,12H,2H2,1H3,(H,10,11). The average molecular weight is 174 g/mol. The van der Waals surface area contributed by atoms with Gasteiger partial charge in [-0.25, -0.2) is 9.86 Å². The molecule has 1 rings (SSSR count). The zero-order chi connectivity index (χ0) is 9.30. The Kier molecular flexibility index (Phi) is 2.18. The van der Waals surface area contributed by atoms with Gasteiger partial charge in [0, 0.05) is 5.92 Å². The number of nitrogens with zero attached hydrogens (tertiary/aromatic N) is 1. The number of nitrogens with one attached hydrogen (secondary N) is 1. The molecule has 6 heteroatoms. The largest absolute Gasteiger partial charge is 0.465 e. The summed E-state index contributed by atoms with van der Waals surface area (Å²) >= 11 is 0. The molecule has 0 radical (unpaired) electrons. The molecule has 0 aliphatic carbocycles. The lowest BCUT2D eigenvalue weighted by molar-refractivity contribution is -0.158. The van der Waals surface area contributed by atoms with Gasteiger partial charge in [-0.1, -0.05) is 6.92 Å². The molecular formula is C6H10N2O4. The Morgan fingerprint density at radius 1 is 1.75 bits per heavy atom. The van der Waals surface area contributed by atoms with Gasteiger partial charge in [-0.3, -0.25) is 10.0 Å². The van der Waals surface area contributed by atoms with Gasteiger partial charge in [0.15, 0.2) is 0 Å². The van der Waals surface area contributed by atoms with Crippen LogP contribution in [0, 0.1) is 5.92 Å². The minimum atomic E-state index is -1.25. The van der Waals surface area contributed by atoms with E-state index in [1.807, 2.05) is 5.32 Å². The Morgan fingerprint density at radius 2 is 2.33 bits per heavy atom. The van der Waals surface area contributed by atoms with E-state index in [-0.39, 0.29) is 12.5 Å². The molecular weight excluding hydrogens is 164 g/mol. The second-order valence-electron chi connectivity index (χ2n) is 2.82. The summed E-state index contributed by atoms with van der Waals surface area (Å²) in [7, 11) is 0. The molecule has 2 amide bonds. The first kappa shape index (κ1) is 8.79. The number of hydrogen-bond acceptors (Lipinski definition) is 3. The maximum Gasteiger partial charge on any atom is 0.405 e. The Bertz CT molecular complexity index is 218. The number of carboxylic acid groups (broad SMARTS) is 1. The van der Waals surface area contributed by atoms with Crippen LogP contribution in [-0.4, -0.2) is 40.0 Å². The summed E-state index contributed by atoms with van der Waals surface area (Å²) in [4.78, 5) is 21.2. The SMILES string of the molecule is CC1CN(O)C(=O)C1NC(=O)O. The first-order chi connectivity index (χ1) is 5.52. The van der Waals surface area contributed by atoms with E-state index in [0.717, 1.165) is 0 Å². The van der Waals surface area contributed by atoms with Crippen molar-refractivity contribution >= 4 is 12.0 Å². The van der Waals surface area contributed by atoms with Crippen molar-refractivity contribution in [3.8, 4) is 0 Å². The van der Waals surface area contributed by atoms with Crippen LogP contribution in [-0.2, 0) is 4.79 Å². The molecule has 1 heterocycles. The second kappa shape index (κ2) is 2.98. The molecule has 0 saturated carbocycles. The maximum atomic E-state index is 11.0. The van der Waals surface area contributed by atoms with Crippen LogP contribution in [0.5, 0.6) is 0 Å². The van der Waals surface area contributed by atoms with Crippen LogP contribution < -0.4 is 5.32 Å². The van der Waals surface area contributed by atoms with Gasteiger partial charge in [-0.2, -0.15) is 0 Å². The van der Waals surface area contributed by atoms with Crippen molar-refractivity contribution in [1.29, 1.82) is 0 Å². The molecule has 0 aromatic rings. The fraction of sp³-hybridized carbons (Fsp3) is 0.667. The zero-order valence-corrected chi connectivity index (χ0v) is 6.52. The molecule has 0 spiro atoms. The summed E-state index contributed by atoms with van der Waals surface area (Å²) in [5, 5.41) is 19.8. The van der Waals surface area contributed by atoms with Crippen molar-refractivity contribution in [3.63, 3.8) is 0 Å². The van der Waals surface area contributed by atoms with Gasteiger partial charge in [0.25, 0.3) is 5.91 Å². The van der Waals surface area contributed by atoms with Gasteiger partial charge in [0.2, 0.25) is 0 Å². The minimum Gasteiger partial charge on any atom is -0.465 e. The van der Waals surface area contributed by atoms with E-state index < -0.39 is 18.0 Å². The normalized spacial score (nSPS) is 29.2. The minimum absolute atomic E-state index is 0.170. The van der Waals surface area contributed by atoms with Crippen molar-refractivity contribution in [2.24, 2.45) is 5.92 Å². The fourth-order valence-electron chi connectivity index (χ4n) is 1.21. The lowest BCUT2D eigenvalue weighted by Crippen LogP contribution is -2.42. The number of carbonyl (C=O) groups excluding carboxylic acids is 1. The van der Waals surface area contributed by atoms with E-state index >= 15 is 0 Å². The van der Waals surface area contributed by atoms with E-state index in [2.05, 4.69) is 0 Å². The summed E-state index contributed by atoms with van der Waals surface area (Å²) < 4.78 is 0. The third-order valence-corrected chi connectivity index (χ3v) is 1.83. The molecule has 3 N–H and O–H groups in total. The topological polar surface area (TPSA) is 89.9 Å². The molecule has 0 bridgehead atoms. The highest BCUT2D eigenvalue weighted by Crippen LogP contribution is 2.15. The van der Waals surface area contributed by atoms with Gasteiger partial charge in [0.05, 0.1) is 6.54 Å². The molecule has 2 unspecified atom stereocenters. The van der Waals surface area contributed by atoms with Crippen molar-refractivity contribution in [1.82, 2.24) is 10.4 Å². The molecule has 1 aliphatic rings. The van der Waals surface area contributed by atoms with Gasteiger partial charge >= 0.3 is 6.09 Å². The van der Waals surface area contributed by atoms with Gasteiger partial charge < -0.3 is 10.4 Å². The van der Waals surface area contributed by atoms with E-state index in [0.29, 0.717) is 5.06 Å². The number of rotatable bonds is 1. The zero-order valence-electron chi connectivity index (χ0n) is 6.52. The Morgan fingerprint density at radius 3 is 2.67 bits per heavy atom.